The smallest absolute Gasteiger partial charge is 0.462 e. The quantitative estimate of drug-likeness (QED) is 0.0169. The highest BCUT2D eigenvalue weighted by molar-refractivity contribution is 7.47. The molecule has 0 aliphatic rings. The van der Waals surface area contributed by atoms with E-state index in [1.165, 1.54) is 51.4 Å². The zero-order chi connectivity index (χ0) is 77.4. The van der Waals surface area contributed by atoms with Crippen molar-refractivity contribution in [3.05, 3.63) is 134 Å². The summed E-state index contributed by atoms with van der Waals surface area (Å²) in [4.78, 5) is 73.2. The van der Waals surface area contributed by atoms with Crippen molar-refractivity contribution in [1.29, 1.82) is 0 Å². The Bertz CT molecular complexity index is 2530. The minimum Gasteiger partial charge on any atom is -0.462 e. The lowest BCUT2D eigenvalue weighted by atomic mass is 10.0. The predicted molar refractivity (Wildman–Crippen MR) is 436 cm³/mol. The number of aliphatic hydroxyl groups is 1. The van der Waals surface area contributed by atoms with Crippen molar-refractivity contribution in [3.63, 3.8) is 0 Å². The first-order chi connectivity index (χ1) is 51.7. The molecule has 0 radical (unpaired) electrons. The lowest BCUT2D eigenvalue weighted by molar-refractivity contribution is -0.161. The summed E-state index contributed by atoms with van der Waals surface area (Å²) in [6.07, 6.45) is 88.4. The molecule has 0 fully saturated rings. The van der Waals surface area contributed by atoms with Crippen LogP contribution in [0.2, 0.25) is 0 Å². The lowest BCUT2D eigenvalue weighted by Gasteiger charge is -2.21. The van der Waals surface area contributed by atoms with Gasteiger partial charge in [0.2, 0.25) is 0 Å². The van der Waals surface area contributed by atoms with Crippen LogP contribution in [0.1, 0.15) is 336 Å². The highest BCUT2D eigenvalue weighted by Gasteiger charge is 2.30. The SMILES string of the molecule is CC/C=C\C/C=C\C/C=C\C/C=C\CCCCCCCCC(=O)OCC(COP(=O)(O)OCC(O)COP(=O)(O)OCC(COC(=O)CCCCCC/C=C\C/C=C\C/C=C\C/C=C\CC)OC(=O)CCCCCCCCC/C=C\C/C=C\C/C=C\CC)OC(=O)CCCCCCCCCCCCCCC. The summed E-state index contributed by atoms with van der Waals surface area (Å²) in [5.74, 6) is -2.22. The molecule has 608 valence electrons. The maximum absolute atomic E-state index is 13.1. The molecule has 0 saturated heterocycles. The van der Waals surface area contributed by atoms with Crippen molar-refractivity contribution in [2.75, 3.05) is 39.6 Å². The highest BCUT2D eigenvalue weighted by atomic mass is 31.2. The molecule has 0 aliphatic carbocycles. The monoisotopic (exact) mass is 1530 g/mol. The van der Waals surface area contributed by atoms with E-state index in [4.69, 9.17) is 37.0 Å². The number of allylic oxidation sites excluding steroid dienone is 22. The van der Waals surface area contributed by atoms with E-state index in [2.05, 4.69) is 161 Å². The first-order valence-electron chi connectivity index (χ1n) is 41.4. The summed E-state index contributed by atoms with van der Waals surface area (Å²) in [6.45, 7) is 4.52. The van der Waals surface area contributed by atoms with E-state index in [9.17, 15) is 43.2 Å². The minimum absolute atomic E-state index is 0.0754. The van der Waals surface area contributed by atoms with E-state index in [1.807, 2.05) is 0 Å². The summed E-state index contributed by atoms with van der Waals surface area (Å²) >= 11 is 0. The van der Waals surface area contributed by atoms with Crippen molar-refractivity contribution in [1.82, 2.24) is 0 Å². The van der Waals surface area contributed by atoms with Gasteiger partial charge in [0.05, 0.1) is 26.4 Å². The summed E-state index contributed by atoms with van der Waals surface area (Å²) in [5, 5.41) is 10.7. The van der Waals surface area contributed by atoms with Gasteiger partial charge < -0.3 is 33.8 Å². The Kier molecular flexibility index (Phi) is 74.8. The number of esters is 4. The van der Waals surface area contributed by atoms with Gasteiger partial charge in [0, 0.05) is 25.7 Å². The molecule has 5 atom stereocenters. The lowest BCUT2D eigenvalue weighted by Crippen LogP contribution is -2.30. The zero-order valence-electron chi connectivity index (χ0n) is 66.6. The van der Waals surface area contributed by atoms with Gasteiger partial charge in [-0.2, -0.15) is 0 Å². The molecule has 0 aliphatic heterocycles. The molecule has 17 nitrogen and oxygen atoms in total. The third kappa shape index (κ3) is 77.4. The molecular formula is C87H148O17P2. The third-order valence-corrected chi connectivity index (χ3v) is 19.0. The third-order valence-electron chi connectivity index (χ3n) is 17.1. The Morgan fingerprint density at radius 2 is 0.491 bits per heavy atom. The van der Waals surface area contributed by atoms with Crippen LogP contribution >= 0.6 is 15.6 Å². The Morgan fingerprint density at radius 1 is 0.274 bits per heavy atom. The Labute approximate surface area is 644 Å². The van der Waals surface area contributed by atoms with Crippen LogP contribution in [0.3, 0.4) is 0 Å². The second-order valence-electron chi connectivity index (χ2n) is 27.3. The van der Waals surface area contributed by atoms with E-state index in [0.717, 1.165) is 205 Å². The normalized spacial score (nSPS) is 14.5. The molecule has 5 unspecified atom stereocenters. The second-order valence-corrected chi connectivity index (χ2v) is 30.2. The van der Waals surface area contributed by atoms with Crippen LogP contribution in [-0.2, 0) is 65.4 Å². The number of phosphoric ester groups is 2. The number of carbonyl (C=O) groups is 4. The van der Waals surface area contributed by atoms with Crippen molar-refractivity contribution < 1.29 is 80.2 Å². The van der Waals surface area contributed by atoms with E-state index < -0.39 is 97.5 Å². The molecule has 0 rings (SSSR count). The van der Waals surface area contributed by atoms with Crippen LogP contribution < -0.4 is 0 Å². The fourth-order valence-corrected chi connectivity index (χ4v) is 12.5. The van der Waals surface area contributed by atoms with Crippen LogP contribution in [0.5, 0.6) is 0 Å². The van der Waals surface area contributed by atoms with Crippen LogP contribution in [0, 0.1) is 0 Å². The van der Waals surface area contributed by atoms with Crippen LogP contribution in [-0.4, -0.2) is 96.7 Å². The molecule has 0 bridgehead atoms. The molecule has 0 saturated carbocycles. The number of rotatable bonds is 77. The largest absolute Gasteiger partial charge is 0.472 e. The van der Waals surface area contributed by atoms with Gasteiger partial charge in [-0.05, 0) is 135 Å². The van der Waals surface area contributed by atoms with Gasteiger partial charge in [0.25, 0.3) is 0 Å². The molecule has 3 N–H and O–H groups in total. The summed E-state index contributed by atoms with van der Waals surface area (Å²) in [5.41, 5.74) is 0. The molecule has 106 heavy (non-hydrogen) atoms. The van der Waals surface area contributed by atoms with Crippen molar-refractivity contribution in [3.8, 4) is 0 Å². The average Bonchev–Trinajstić information content (AvgIpc) is 0.900. The first kappa shape index (κ1) is 101. The number of aliphatic hydroxyl groups excluding tert-OH is 1. The molecule has 0 amide bonds. The van der Waals surface area contributed by atoms with Gasteiger partial charge in [0.1, 0.15) is 19.3 Å². The summed E-state index contributed by atoms with van der Waals surface area (Å²) in [6, 6.07) is 0. The number of hydrogen-bond acceptors (Lipinski definition) is 15. The van der Waals surface area contributed by atoms with E-state index in [-0.39, 0.29) is 25.7 Å². The maximum Gasteiger partial charge on any atom is 0.472 e. The van der Waals surface area contributed by atoms with Gasteiger partial charge in [-0.25, -0.2) is 9.13 Å². The first-order valence-corrected chi connectivity index (χ1v) is 44.4. The summed E-state index contributed by atoms with van der Waals surface area (Å²) < 4.78 is 68.7. The molecule has 0 aromatic rings. The van der Waals surface area contributed by atoms with Gasteiger partial charge in [-0.3, -0.25) is 37.3 Å². The van der Waals surface area contributed by atoms with Crippen LogP contribution in [0.15, 0.2) is 134 Å². The second kappa shape index (κ2) is 78.3. The molecular weight excluding hydrogens is 1380 g/mol. The number of unbranched alkanes of at least 4 members (excludes halogenated alkanes) is 29. The molecule has 19 heteroatoms. The number of carbonyl (C=O) groups excluding carboxylic acids is 4. The van der Waals surface area contributed by atoms with Gasteiger partial charge in [0.15, 0.2) is 12.2 Å². The average molecular weight is 1530 g/mol. The van der Waals surface area contributed by atoms with E-state index in [1.54, 1.807) is 0 Å². The van der Waals surface area contributed by atoms with Crippen molar-refractivity contribution >= 4 is 39.5 Å². The van der Waals surface area contributed by atoms with Gasteiger partial charge in [-0.1, -0.05) is 309 Å². The van der Waals surface area contributed by atoms with Crippen molar-refractivity contribution in [2.24, 2.45) is 0 Å². The fraction of sp³-hybridized carbons (Fsp3) is 0.701. The Morgan fingerprint density at radius 3 is 0.755 bits per heavy atom. The minimum atomic E-state index is -4.99. The Balaban J connectivity index is 5.38. The number of hydrogen-bond donors (Lipinski definition) is 3. The number of phosphoric acid groups is 2. The van der Waals surface area contributed by atoms with Crippen LogP contribution in [0.4, 0.5) is 0 Å². The molecule has 0 spiro atoms. The molecule has 0 heterocycles. The maximum atomic E-state index is 13.1. The topological polar surface area (TPSA) is 237 Å². The standard InChI is InChI=1S/C87H148O17P2/c1-5-9-13-17-21-25-29-33-36-39-40-43-45-49-52-56-60-64-68-72-85(90)97-77-82(103-86(91)73-69-65-61-57-53-47-32-28-24-20-16-12-8-4)79-101-105(93,94)99-75-81(88)76-100-106(95,96)102-80-83(104-87(92)74-70-66-62-58-54-50-46-42-38-35-31-27-23-19-15-11-7-3)78-98-84(89)71-67-63-59-55-51-48-44-41-37-34-30-26-22-18-14-10-6-2/h9-11,13-15,21-23,25-27,33-38,40,43-44,48,81-83,88H,5-8,12,16-20,24,28-32,39,41-42,45-47,49-80H2,1-4H3,(H,93,94)(H,95,96)/b13-9-,14-10-,15-11-,25-21-,26-22-,27-23-,36-33-,37-34-,38-35-,43-40-,48-44-. The molecule has 0 aromatic heterocycles. The van der Waals surface area contributed by atoms with Gasteiger partial charge >= 0.3 is 39.5 Å². The zero-order valence-corrected chi connectivity index (χ0v) is 68.4. The predicted octanol–water partition coefficient (Wildman–Crippen LogP) is 24.4. The van der Waals surface area contributed by atoms with E-state index >= 15 is 0 Å². The molecule has 0 aromatic carbocycles. The van der Waals surface area contributed by atoms with Crippen LogP contribution in [0.25, 0.3) is 0 Å². The van der Waals surface area contributed by atoms with Crippen molar-refractivity contribution in [2.45, 2.75) is 354 Å². The highest BCUT2D eigenvalue weighted by Crippen LogP contribution is 2.45. The van der Waals surface area contributed by atoms with E-state index in [0.29, 0.717) is 25.7 Å². The Hall–Kier alpha value is -4.80. The van der Waals surface area contributed by atoms with Gasteiger partial charge in [-0.15, -0.1) is 0 Å². The number of ether oxygens (including phenoxy) is 4. The summed E-state index contributed by atoms with van der Waals surface area (Å²) in [7, 11) is -9.98. The fourth-order valence-electron chi connectivity index (χ4n) is 10.9.